The number of nitro groups is 1. The number of aromatic nitrogens is 4. The number of aliphatic hydroxyl groups excluding tert-OH is 1. The molecule has 0 aliphatic rings. The molecule has 2 N–H and O–H groups in total. The molecular weight excluding hydrogens is 656 g/mol. The summed E-state index contributed by atoms with van der Waals surface area (Å²) >= 11 is 4.39. The number of carbonyl (C=O) groups excluding carboxylic acids is 1. The molecule has 43 heavy (non-hydrogen) atoms. The SMILES string of the molecule is C[C@H](CCCO)Cn1c(NC(=O)c2cc([N+](=O)[O-])c(-c3cn(COCC[Si](C)(C)C)n(C)c3=O)s2)nc2ccc(Br)cc21. The van der Waals surface area contributed by atoms with E-state index in [0.29, 0.717) is 31.0 Å². The standard InChI is InChI=1S/C28H37BrN6O6SSi/c1-18(7-6-10-36)15-34-22-13-19(29)8-9-21(22)30-28(34)31-26(37)24-14-23(35(39)40)25(42-24)20-16-33(32(2)27(20)38)17-41-11-12-43(3,4)5/h8-9,13-14,16,18,36H,6-7,10-12,15,17H2,1-5H3,(H,30,31,37)/t18-/m1/s1. The number of hydrogen-bond acceptors (Lipinski definition) is 8. The van der Waals surface area contributed by atoms with E-state index in [1.807, 2.05) is 22.8 Å². The van der Waals surface area contributed by atoms with Gasteiger partial charge in [0.1, 0.15) is 11.6 Å². The molecule has 3 aromatic heterocycles. The van der Waals surface area contributed by atoms with Crippen LogP contribution in [0, 0.1) is 16.0 Å². The van der Waals surface area contributed by atoms with E-state index < -0.39 is 24.5 Å². The Hall–Kier alpha value is -3.11. The van der Waals surface area contributed by atoms with Gasteiger partial charge in [-0.1, -0.05) is 42.5 Å². The fourth-order valence-corrected chi connectivity index (χ4v) is 6.73. The molecule has 12 nitrogen and oxygen atoms in total. The van der Waals surface area contributed by atoms with Gasteiger partial charge in [0.2, 0.25) is 5.95 Å². The molecule has 0 fully saturated rings. The molecule has 1 aromatic carbocycles. The summed E-state index contributed by atoms with van der Waals surface area (Å²) in [4.78, 5) is 42.8. The van der Waals surface area contributed by atoms with Crippen LogP contribution in [-0.2, 0) is 25.1 Å². The quantitative estimate of drug-likeness (QED) is 0.0723. The molecule has 1 atom stereocenters. The van der Waals surface area contributed by atoms with Gasteiger partial charge < -0.3 is 14.4 Å². The fraction of sp³-hybridized carbons (Fsp3) is 0.464. The van der Waals surface area contributed by atoms with Crippen LogP contribution in [0.4, 0.5) is 11.6 Å². The van der Waals surface area contributed by atoms with Crippen molar-refractivity contribution in [1.29, 1.82) is 0 Å². The van der Waals surface area contributed by atoms with Crippen LogP contribution >= 0.6 is 27.3 Å². The molecule has 3 heterocycles. The zero-order valence-electron chi connectivity index (χ0n) is 24.9. The maximum atomic E-state index is 13.5. The molecule has 0 aliphatic carbocycles. The topological polar surface area (TPSA) is 146 Å². The average Bonchev–Trinajstić information content (AvgIpc) is 3.60. The number of amides is 1. The van der Waals surface area contributed by atoms with Gasteiger partial charge in [-0.25, -0.2) is 4.98 Å². The Kier molecular flexibility index (Phi) is 10.4. The van der Waals surface area contributed by atoms with Gasteiger partial charge in [-0.3, -0.25) is 34.4 Å². The normalized spacial score (nSPS) is 12.6. The van der Waals surface area contributed by atoms with E-state index in [1.165, 1.54) is 16.9 Å². The van der Waals surface area contributed by atoms with Crippen LogP contribution < -0.4 is 10.9 Å². The van der Waals surface area contributed by atoms with Crippen molar-refractivity contribution >= 4 is 63.9 Å². The molecule has 4 rings (SSSR count). The predicted molar refractivity (Wildman–Crippen MR) is 175 cm³/mol. The molecule has 0 unspecified atom stereocenters. The molecule has 0 aliphatic heterocycles. The number of anilines is 1. The fourth-order valence-electron chi connectivity index (χ4n) is 4.60. The minimum absolute atomic E-state index is 0.0796. The van der Waals surface area contributed by atoms with Gasteiger partial charge >= 0.3 is 0 Å². The summed E-state index contributed by atoms with van der Waals surface area (Å²) < 4.78 is 11.5. The molecule has 232 valence electrons. The highest BCUT2D eigenvalue weighted by Crippen LogP contribution is 2.37. The van der Waals surface area contributed by atoms with E-state index in [0.717, 1.165) is 33.8 Å². The number of rotatable bonds is 14. The maximum absolute atomic E-state index is 13.5. The molecule has 0 saturated carbocycles. The first-order valence-electron chi connectivity index (χ1n) is 14.0. The van der Waals surface area contributed by atoms with Gasteiger partial charge in [0, 0.05) is 51.6 Å². The predicted octanol–water partition coefficient (Wildman–Crippen LogP) is 5.91. The number of nitrogens with one attached hydrogen (secondary N) is 1. The Morgan fingerprint density at radius 2 is 2.05 bits per heavy atom. The Morgan fingerprint density at radius 3 is 2.72 bits per heavy atom. The Balaban J connectivity index is 1.63. The largest absolute Gasteiger partial charge is 0.396 e. The minimum atomic E-state index is -1.28. The number of halogens is 1. The number of imidazole rings is 1. The summed E-state index contributed by atoms with van der Waals surface area (Å²) in [6, 6.07) is 7.79. The van der Waals surface area contributed by atoms with Crippen molar-refractivity contribution < 1.29 is 19.6 Å². The zero-order chi connectivity index (χ0) is 31.5. The number of ether oxygens (including phenoxy) is 1. The number of benzene rings is 1. The summed E-state index contributed by atoms with van der Waals surface area (Å²) in [6.07, 6.45) is 2.98. The second-order valence-electron chi connectivity index (χ2n) is 11.8. The summed E-state index contributed by atoms with van der Waals surface area (Å²) in [5, 5.41) is 24.1. The van der Waals surface area contributed by atoms with Crippen LogP contribution in [0.5, 0.6) is 0 Å². The van der Waals surface area contributed by atoms with Crippen LogP contribution in [0.2, 0.25) is 25.7 Å². The zero-order valence-corrected chi connectivity index (χ0v) is 28.3. The van der Waals surface area contributed by atoms with E-state index in [-0.39, 0.29) is 40.3 Å². The van der Waals surface area contributed by atoms with E-state index in [9.17, 15) is 24.8 Å². The second kappa shape index (κ2) is 13.7. The van der Waals surface area contributed by atoms with Gasteiger partial charge in [-0.2, -0.15) is 0 Å². The molecular formula is C28H37BrN6O6SSi. The van der Waals surface area contributed by atoms with E-state index >= 15 is 0 Å². The highest BCUT2D eigenvalue weighted by atomic mass is 79.9. The Bertz CT molecular complexity index is 1690. The van der Waals surface area contributed by atoms with E-state index in [2.05, 4.69) is 52.8 Å². The summed E-state index contributed by atoms with van der Waals surface area (Å²) in [5.41, 5.74) is 0.884. The molecule has 1 amide bonds. The van der Waals surface area contributed by atoms with Crippen molar-refractivity contribution in [3.05, 3.63) is 60.3 Å². The number of carbonyl (C=O) groups is 1. The third kappa shape index (κ3) is 7.89. The number of thiophene rings is 1. The van der Waals surface area contributed by atoms with Gasteiger partial charge in [0.15, 0.2) is 0 Å². The van der Waals surface area contributed by atoms with Gasteiger partial charge in [-0.15, -0.1) is 11.3 Å². The molecule has 0 spiro atoms. The first kappa shape index (κ1) is 32.8. The van der Waals surface area contributed by atoms with Crippen molar-refractivity contribution in [2.45, 2.75) is 58.7 Å². The van der Waals surface area contributed by atoms with Crippen LogP contribution in [0.15, 0.2) is 39.7 Å². The van der Waals surface area contributed by atoms with Crippen molar-refractivity contribution in [2.24, 2.45) is 13.0 Å². The van der Waals surface area contributed by atoms with Crippen molar-refractivity contribution in [3.63, 3.8) is 0 Å². The third-order valence-electron chi connectivity index (χ3n) is 7.07. The van der Waals surface area contributed by atoms with Crippen LogP contribution in [0.25, 0.3) is 21.5 Å². The minimum Gasteiger partial charge on any atom is -0.396 e. The highest BCUT2D eigenvalue weighted by molar-refractivity contribution is 9.10. The average molecular weight is 694 g/mol. The van der Waals surface area contributed by atoms with E-state index in [1.54, 1.807) is 11.7 Å². The number of nitrogens with zero attached hydrogens (tertiary/aromatic N) is 5. The first-order chi connectivity index (χ1) is 20.3. The molecule has 4 aromatic rings. The van der Waals surface area contributed by atoms with Crippen LogP contribution in [0.3, 0.4) is 0 Å². The third-order valence-corrected chi connectivity index (χ3v) is 10.4. The smallest absolute Gasteiger partial charge is 0.288 e. The monoisotopic (exact) mass is 692 g/mol. The second-order valence-corrected chi connectivity index (χ2v) is 19.4. The molecule has 0 bridgehead atoms. The van der Waals surface area contributed by atoms with Crippen LogP contribution in [-0.4, -0.2) is 56.1 Å². The lowest BCUT2D eigenvalue weighted by Crippen LogP contribution is -2.24. The van der Waals surface area contributed by atoms with Gasteiger partial charge in [0.05, 0.1) is 26.4 Å². The number of fused-ring (bicyclic) bond motifs is 1. The molecule has 0 radical (unpaired) electrons. The van der Waals surface area contributed by atoms with Crippen molar-refractivity contribution in [3.8, 4) is 10.4 Å². The number of aliphatic hydroxyl groups is 1. The summed E-state index contributed by atoms with van der Waals surface area (Å²) in [7, 11) is 0.290. The van der Waals surface area contributed by atoms with Gasteiger partial charge in [-0.05, 0) is 43.0 Å². The lowest BCUT2D eigenvalue weighted by atomic mass is 10.1. The van der Waals surface area contributed by atoms with Crippen molar-refractivity contribution in [1.82, 2.24) is 18.9 Å². The van der Waals surface area contributed by atoms with Gasteiger partial charge in [0.25, 0.3) is 17.2 Å². The molecule has 0 saturated heterocycles. The highest BCUT2D eigenvalue weighted by Gasteiger charge is 2.28. The van der Waals surface area contributed by atoms with E-state index in [4.69, 9.17) is 4.74 Å². The maximum Gasteiger partial charge on any atom is 0.288 e. The molecule has 15 heteroatoms. The number of hydrogen-bond donors (Lipinski definition) is 2. The van der Waals surface area contributed by atoms with Crippen molar-refractivity contribution in [2.75, 3.05) is 18.5 Å². The Morgan fingerprint density at radius 1 is 1.30 bits per heavy atom. The summed E-state index contributed by atoms with van der Waals surface area (Å²) in [6.45, 7) is 10.1. The first-order valence-corrected chi connectivity index (χ1v) is 19.3. The summed E-state index contributed by atoms with van der Waals surface area (Å²) in [5.74, 6) is -0.0682. The van der Waals surface area contributed by atoms with Crippen LogP contribution in [0.1, 0.15) is 29.4 Å². The lowest BCUT2D eigenvalue weighted by molar-refractivity contribution is -0.383. The Labute approximate surface area is 262 Å². The lowest BCUT2D eigenvalue weighted by Gasteiger charge is -2.16.